The Hall–Kier alpha value is -4.77. The maximum atomic E-state index is 6.35. The first-order valence-corrected chi connectivity index (χ1v) is 12.5. The van der Waals surface area contributed by atoms with Crippen molar-refractivity contribution >= 4 is 0 Å². The Balaban J connectivity index is 1.47. The Labute approximate surface area is 223 Å². The molecule has 0 bridgehead atoms. The second-order valence-electron chi connectivity index (χ2n) is 8.68. The normalized spacial score (nSPS) is 10.5. The molecule has 5 aromatic rings. The van der Waals surface area contributed by atoms with Crippen LogP contribution in [0.5, 0.6) is 23.1 Å². The van der Waals surface area contributed by atoms with Gasteiger partial charge in [-0.1, -0.05) is 121 Å². The van der Waals surface area contributed by atoms with Gasteiger partial charge in [-0.2, -0.15) is 0 Å². The van der Waals surface area contributed by atoms with Crippen LogP contribution >= 0.6 is 0 Å². The number of aromatic nitrogens is 1. The van der Waals surface area contributed by atoms with Gasteiger partial charge in [-0.25, -0.2) is 4.98 Å². The maximum Gasteiger partial charge on any atom is 0.261 e. The van der Waals surface area contributed by atoms with Gasteiger partial charge in [-0.15, -0.1) is 0 Å². The molecule has 4 aromatic carbocycles. The third kappa shape index (κ3) is 6.92. The summed E-state index contributed by atoms with van der Waals surface area (Å²) in [4.78, 5) is 4.58. The van der Waals surface area contributed by atoms with Crippen molar-refractivity contribution < 1.29 is 18.9 Å². The van der Waals surface area contributed by atoms with Crippen LogP contribution in [-0.4, -0.2) is 4.98 Å². The van der Waals surface area contributed by atoms with Crippen molar-refractivity contribution in [3.63, 3.8) is 0 Å². The van der Waals surface area contributed by atoms with Gasteiger partial charge >= 0.3 is 0 Å². The second kappa shape index (κ2) is 13.0. The zero-order valence-corrected chi connectivity index (χ0v) is 21.0. The van der Waals surface area contributed by atoms with Gasteiger partial charge in [0.1, 0.15) is 26.4 Å². The van der Waals surface area contributed by atoms with Gasteiger partial charge in [-0.3, -0.25) is 0 Å². The molecule has 5 heteroatoms. The smallest absolute Gasteiger partial charge is 0.261 e. The number of rotatable bonds is 12. The molecular weight excluding hydrogens is 474 g/mol. The van der Waals surface area contributed by atoms with Crippen LogP contribution in [0.15, 0.2) is 128 Å². The molecule has 5 nitrogen and oxygen atoms in total. The maximum absolute atomic E-state index is 6.35. The fourth-order valence-corrected chi connectivity index (χ4v) is 3.83. The van der Waals surface area contributed by atoms with E-state index in [1.165, 1.54) is 0 Å². The van der Waals surface area contributed by atoms with Crippen molar-refractivity contribution in [2.45, 2.75) is 26.4 Å². The van der Waals surface area contributed by atoms with E-state index in [1.54, 1.807) is 6.20 Å². The van der Waals surface area contributed by atoms with Crippen LogP contribution in [0, 0.1) is 0 Å². The molecular formula is C33H29NO4. The Bertz CT molecular complexity index is 1290. The van der Waals surface area contributed by atoms with E-state index >= 15 is 0 Å². The number of hydrogen-bond donors (Lipinski definition) is 0. The van der Waals surface area contributed by atoms with Crippen LogP contribution in [-0.2, 0) is 26.4 Å². The number of pyridine rings is 1. The fourth-order valence-electron chi connectivity index (χ4n) is 3.83. The Morgan fingerprint density at radius 1 is 0.395 bits per heavy atom. The van der Waals surface area contributed by atoms with Gasteiger partial charge in [-0.05, 0) is 22.3 Å². The fraction of sp³-hybridized carbons (Fsp3) is 0.121. The lowest BCUT2D eigenvalue weighted by Crippen LogP contribution is -2.07. The summed E-state index contributed by atoms with van der Waals surface area (Å²) >= 11 is 0. The van der Waals surface area contributed by atoms with Crippen molar-refractivity contribution in [1.29, 1.82) is 0 Å². The van der Waals surface area contributed by atoms with Crippen LogP contribution in [0.2, 0.25) is 0 Å². The molecule has 0 amide bonds. The van der Waals surface area contributed by atoms with E-state index in [4.69, 9.17) is 18.9 Å². The van der Waals surface area contributed by atoms with E-state index in [9.17, 15) is 0 Å². The zero-order valence-electron chi connectivity index (χ0n) is 21.0. The highest BCUT2D eigenvalue weighted by molar-refractivity contribution is 5.55. The molecule has 0 fully saturated rings. The Morgan fingerprint density at radius 2 is 0.763 bits per heavy atom. The van der Waals surface area contributed by atoms with Gasteiger partial charge in [0.25, 0.3) is 5.88 Å². The van der Waals surface area contributed by atoms with Crippen LogP contribution in [0.1, 0.15) is 22.3 Å². The molecule has 0 aliphatic carbocycles. The molecule has 0 aliphatic rings. The van der Waals surface area contributed by atoms with Crippen LogP contribution in [0.3, 0.4) is 0 Å². The van der Waals surface area contributed by atoms with Gasteiger partial charge in [0.15, 0.2) is 5.75 Å². The van der Waals surface area contributed by atoms with Crippen molar-refractivity contribution in [3.8, 4) is 23.1 Å². The molecule has 0 aliphatic heterocycles. The average molecular weight is 504 g/mol. The molecule has 0 saturated carbocycles. The summed E-state index contributed by atoms with van der Waals surface area (Å²) in [5, 5.41) is 0. The summed E-state index contributed by atoms with van der Waals surface area (Å²) in [6, 6.07) is 39.9. The Kier molecular flexibility index (Phi) is 8.50. The first kappa shape index (κ1) is 24.9. The molecule has 0 radical (unpaired) electrons. The molecule has 1 aromatic heterocycles. The van der Waals surface area contributed by atoms with Crippen molar-refractivity contribution in [2.24, 2.45) is 0 Å². The topological polar surface area (TPSA) is 49.8 Å². The average Bonchev–Trinajstić information content (AvgIpc) is 2.99. The van der Waals surface area contributed by atoms with Crippen LogP contribution in [0.4, 0.5) is 0 Å². The molecule has 38 heavy (non-hydrogen) atoms. The summed E-state index contributed by atoms with van der Waals surface area (Å²) in [5.74, 6) is 1.70. The molecule has 190 valence electrons. The third-order valence-corrected chi connectivity index (χ3v) is 5.83. The minimum absolute atomic E-state index is 0.327. The van der Waals surface area contributed by atoms with Crippen LogP contribution < -0.4 is 18.9 Å². The first-order valence-electron chi connectivity index (χ1n) is 12.5. The molecule has 0 spiro atoms. The van der Waals surface area contributed by atoms with Crippen LogP contribution in [0.25, 0.3) is 0 Å². The summed E-state index contributed by atoms with van der Waals surface area (Å²) in [5.41, 5.74) is 4.11. The lowest BCUT2D eigenvalue weighted by molar-refractivity contribution is 0.208. The minimum atomic E-state index is 0.327. The van der Waals surface area contributed by atoms with Crippen molar-refractivity contribution in [1.82, 2.24) is 4.98 Å². The molecule has 1 heterocycles. The number of benzene rings is 4. The highest BCUT2D eigenvalue weighted by Gasteiger charge is 2.22. The van der Waals surface area contributed by atoms with Crippen molar-refractivity contribution in [2.75, 3.05) is 0 Å². The van der Waals surface area contributed by atoms with E-state index < -0.39 is 0 Å². The standard InChI is InChI=1S/C33H29NO4/c1-5-13-26(14-6-1)22-35-30-21-34-33(38-25-29-19-11-4-12-20-29)32(37-24-28-17-9-3-10-18-28)31(30)36-23-27-15-7-2-8-16-27/h1-21H,22-25H2. The predicted molar refractivity (Wildman–Crippen MR) is 147 cm³/mol. The molecule has 0 N–H and O–H groups in total. The van der Waals surface area contributed by atoms with Gasteiger partial charge < -0.3 is 18.9 Å². The number of nitrogens with zero attached hydrogens (tertiary/aromatic N) is 1. The largest absolute Gasteiger partial charge is 0.483 e. The highest BCUT2D eigenvalue weighted by atomic mass is 16.6. The predicted octanol–water partition coefficient (Wildman–Crippen LogP) is 7.40. The van der Waals surface area contributed by atoms with E-state index in [0.29, 0.717) is 49.6 Å². The third-order valence-electron chi connectivity index (χ3n) is 5.83. The SMILES string of the molecule is c1ccc(COc2cnc(OCc3ccccc3)c(OCc3ccccc3)c2OCc2ccccc2)cc1. The molecule has 0 saturated heterocycles. The van der Waals surface area contributed by atoms with E-state index in [0.717, 1.165) is 22.3 Å². The van der Waals surface area contributed by atoms with Gasteiger partial charge in [0.05, 0.1) is 6.20 Å². The summed E-state index contributed by atoms with van der Waals surface area (Å²) in [6.07, 6.45) is 1.64. The zero-order chi connectivity index (χ0) is 25.8. The number of hydrogen-bond acceptors (Lipinski definition) is 5. The molecule has 0 unspecified atom stereocenters. The highest BCUT2D eigenvalue weighted by Crippen LogP contribution is 2.44. The van der Waals surface area contributed by atoms with Gasteiger partial charge in [0, 0.05) is 0 Å². The molecule has 0 atom stereocenters. The second-order valence-corrected chi connectivity index (χ2v) is 8.68. The minimum Gasteiger partial charge on any atom is -0.483 e. The number of ether oxygens (including phenoxy) is 4. The van der Waals surface area contributed by atoms with E-state index in [1.807, 2.05) is 121 Å². The quantitative estimate of drug-likeness (QED) is 0.178. The lowest BCUT2D eigenvalue weighted by atomic mass is 10.2. The van der Waals surface area contributed by atoms with Gasteiger partial charge in [0.2, 0.25) is 11.5 Å². The summed E-state index contributed by atoms with van der Waals surface area (Å²) in [7, 11) is 0. The summed E-state index contributed by atoms with van der Waals surface area (Å²) in [6.45, 7) is 1.38. The van der Waals surface area contributed by atoms with E-state index in [-0.39, 0.29) is 0 Å². The molecule has 5 rings (SSSR count). The van der Waals surface area contributed by atoms with Crippen molar-refractivity contribution in [3.05, 3.63) is 150 Å². The summed E-state index contributed by atoms with van der Waals surface area (Å²) < 4.78 is 25.0. The first-order chi connectivity index (χ1) is 18.8. The van der Waals surface area contributed by atoms with E-state index in [2.05, 4.69) is 4.98 Å². The monoisotopic (exact) mass is 503 g/mol. The lowest BCUT2D eigenvalue weighted by Gasteiger charge is -2.19. The Morgan fingerprint density at radius 3 is 1.21 bits per heavy atom.